The molecule has 2 rings (SSSR count). The number of halogens is 1. The number of esters is 1. The van der Waals surface area contributed by atoms with Crippen LogP contribution in [0.25, 0.3) is 0 Å². The third kappa shape index (κ3) is 4.52. The Hall–Kier alpha value is -2.06. The van der Waals surface area contributed by atoms with Crippen molar-refractivity contribution in [2.75, 3.05) is 18.4 Å². The molecule has 0 radical (unpaired) electrons. The minimum Gasteiger partial charge on any atom is -0.492 e. The van der Waals surface area contributed by atoms with Crippen molar-refractivity contribution in [2.24, 2.45) is 0 Å². The number of aryl methyl sites for hydroxylation is 1. The quantitative estimate of drug-likeness (QED) is 0.709. The molecular formula is C17H18BrNO5S. The average molecular weight is 428 g/mol. The van der Waals surface area contributed by atoms with Gasteiger partial charge in [-0.05, 0) is 55.8 Å². The third-order valence-electron chi connectivity index (χ3n) is 3.39. The van der Waals surface area contributed by atoms with Crippen molar-refractivity contribution >= 4 is 37.6 Å². The molecule has 2 aromatic carbocycles. The molecular weight excluding hydrogens is 410 g/mol. The van der Waals surface area contributed by atoms with Crippen molar-refractivity contribution in [3.05, 3.63) is 52.0 Å². The largest absolute Gasteiger partial charge is 0.492 e. The molecule has 6 nitrogen and oxygen atoms in total. The number of sulfonamides is 1. The van der Waals surface area contributed by atoms with Crippen molar-refractivity contribution < 1.29 is 22.7 Å². The Morgan fingerprint density at radius 1 is 1.20 bits per heavy atom. The number of methoxy groups -OCH3 is 1. The van der Waals surface area contributed by atoms with Crippen LogP contribution < -0.4 is 9.46 Å². The molecule has 0 bridgehead atoms. The predicted octanol–water partition coefficient (Wildman–Crippen LogP) is 3.74. The number of anilines is 1. The molecule has 0 aliphatic rings. The number of carbonyl (C=O) groups is 1. The summed E-state index contributed by atoms with van der Waals surface area (Å²) in [7, 11) is -2.58. The average Bonchev–Trinajstić information content (AvgIpc) is 2.57. The SMILES string of the molecule is CCOc1ccc(Br)cc1S(=O)(=O)Nc1ccc(C(=O)OC)cc1C. The Morgan fingerprint density at radius 2 is 1.92 bits per heavy atom. The molecule has 2 aromatic rings. The summed E-state index contributed by atoms with van der Waals surface area (Å²) >= 11 is 3.27. The summed E-state index contributed by atoms with van der Waals surface area (Å²) in [6, 6.07) is 9.37. The van der Waals surface area contributed by atoms with Crippen molar-refractivity contribution in [3.8, 4) is 5.75 Å². The van der Waals surface area contributed by atoms with E-state index in [9.17, 15) is 13.2 Å². The molecule has 8 heteroatoms. The first-order valence-corrected chi connectivity index (χ1v) is 9.70. The van der Waals surface area contributed by atoms with Crippen LogP contribution in [0, 0.1) is 6.92 Å². The normalized spacial score (nSPS) is 11.0. The molecule has 0 atom stereocenters. The molecule has 1 N–H and O–H groups in total. The van der Waals surface area contributed by atoms with Crippen LogP contribution in [0.2, 0.25) is 0 Å². The molecule has 0 heterocycles. The van der Waals surface area contributed by atoms with Gasteiger partial charge in [-0.1, -0.05) is 15.9 Å². The molecule has 0 saturated carbocycles. The van der Waals surface area contributed by atoms with Gasteiger partial charge in [0.15, 0.2) is 0 Å². The predicted molar refractivity (Wildman–Crippen MR) is 98.6 cm³/mol. The Labute approximate surface area is 155 Å². The molecule has 0 aliphatic carbocycles. The van der Waals surface area contributed by atoms with Gasteiger partial charge >= 0.3 is 5.97 Å². The lowest BCUT2D eigenvalue weighted by molar-refractivity contribution is 0.0600. The van der Waals surface area contributed by atoms with Crippen molar-refractivity contribution in [1.82, 2.24) is 0 Å². The second-order valence-electron chi connectivity index (χ2n) is 5.15. The maximum atomic E-state index is 12.8. The minimum atomic E-state index is -3.87. The Balaban J connectivity index is 2.40. The highest BCUT2D eigenvalue weighted by Crippen LogP contribution is 2.30. The monoisotopic (exact) mass is 427 g/mol. The summed E-state index contributed by atoms with van der Waals surface area (Å²) in [4.78, 5) is 11.6. The lowest BCUT2D eigenvalue weighted by Gasteiger charge is -2.14. The van der Waals surface area contributed by atoms with E-state index in [2.05, 4.69) is 25.4 Å². The van der Waals surface area contributed by atoms with E-state index in [4.69, 9.17) is 4.74 Å². The van der Waals surface area contributed by atoms with E-state index < -0.39 is 16.0 Å². The fourth-order valence-electron chi connectivity index (χ4n) is 2.19. The Bertz CT molecular complexity index is 896. The minimum absolute atomic E-state index is 0.0279. The third-order valence-corrected chi connectivity index (χ3v) is 5.27. The first kappa shape index (κ1) is 19.3. The summed E-state index contributed by atoms with van der Waals surface area (Å²) < 4.78 is 38.8. The van der Waals surface area contributed by atoms with Crippen LogP contribution in [0.15, 0.2) is 45.8 Å². The van der Waals surface area contributed by atoms with E-state index in [0.717, 1.165) is 0 Å². The van der Waals surface area contributed by atoms with Gasteiger partial charge in [-0.15, -0.1) is 0 Å². The van der Waals surface area contributed by atoms with Gasteiger partial charge in [0, 0.05) is 4.47 Å². The van der Waals surface area contributed by atoms with Crippen LogP contribution in [0.5, 0.6) is 5.75 Å². The van der Waals surface area contributed by atoms with Gasteiger partial charge < -0.3 is 9.47 Å². The van der Waals surface area contributed by atoms with Gasteiger partial charge in [0.25, 0.3) is 10.0 Å². The van der Waals surface area contributed by atoms with Crippen LogP contribution in [0.1, 0.15) is 22.8 Å². The number of nitrogens with one attached hydrogen (secondary N) is 1. The van der Waals surface area contributed by atoms with E-state index in [0.29, 0.717) is 27.9 Å². The van der Waals surface area contributed by atoms with Gasteiger partial charge in [0.05, 0.1) is 25.0 Å². The van der Waals surface area contributed by atoms with Gasteiger partial charge in [-0.25, -0.2) is 13.2 Å². The van der Waals surface area contributed by atoms with E-state index in [-0.39, 0.29) is 10.6 Å². The second kappa shape index (κ2) is 7.88. The molecule has 0 saturated heterocycles. The maximum Gasteiger partial charge on any atom is 0.337 e. The highest BCUT2D eigenvalue weighted by Gasteiger charge is 2.21. The van der Waals surface area contributed by atoms with E-state index >= 15 is 0 Å². The van der Waals surface area contributed by atoms with Crippen molar-refractivity contribution in [1.29, 1.82) is 0 Å². The molecule has 0 fully saturated rings. The van der Waals surface area contributed by atoms with Crippen molar-refractivity contribution in [2.45, 2.75) is 18.7 Å². The van der Waals surface area contributed by atoms with Crippen molar-refractivity contribution in [3.63, 3.8) is 0 Å². The molecule has 0 unspecified atom stereocenters. The number of rotatable bonds is 6. The van der Waals surface area contributed by atoms with Gasteiger partial charge in [0.2, 0.25) is 0 Å². The Kier molecular flexibility index (Phi) is 6.07. The molecule has 0 aromatic heterocycles. The summed E-state index contributed by atoms with van der Waals surface area (Å²) in [6.07, 6.45) is 0. The summed E-state index contributed by atoms with van der Waals surface area (Å²) in [5, 5.41) is 0. The molecule has 25 heavy (non-hydrogen) atoms. The first-order chi connectivity index (χ1) is 11.8. The number of hydrogen-bond acceptors (Lipinski definition) is 5. The smallest absolute Gasteiger partial charge is 0.337 e. The fourth-order valence-corrected chi connectivity index (χ4v) is 4.00. The van der Waals surface area contributed by atoms with Crippen LogP contribution >= 0.6 is 15.9 Å². The van der Waals surface area contributed by atoms with Crippen LogP contribution in [-0.4, -0.2) is 28.1 Å². The topological polar surface area (TPSA) is 81.7 Å². The first-order valence-electron chi connectivity index (χ1n) is 7.42. The summed E-state index contributed by atoms with van der Waals surface area (Å²) in [6.45, 7) is 3.83. The number of carbonyl (C=O) groups excluding carboxylic acids is 1. The van der Waals surface area contributed by atoms with E-state index in [1.165, 1.54) is 25.3 Å². The van der Waals surface area contributed by atoms with Crippen LogP contribution in [0.4, 0.5) is 5.69 Å². The van der Waals surface area contributed by atoms with E-state index in [1.807, 2.05) is 0 Å². The van der Waals surface area contributed by atoms with Gasteiger partial charge in [0.1, 0.15) is 10.6 Å². The standard InChI is InChI=1S/C17H18BrNO5S/c1-4-24-15-8-6-13(18)10-16(15)25(21,22)19-14-7-5-12(9-11(14)2)17(20)23-3/h5-10,19H,4H2,1-3H3. The lowest BCUT2D eigenvalue weighted by atomic mass is 10.1. The number of benzene rings is 2. The highest BCUT2D eigenvalue weighted by molar-refractivity contribution is 9.10. The number of hydrogen-bond donors (Lipinski definition) is 1. The van der Waals surface area contributed by atoms with E-state index in [1.54, 1.807) is 32.0 Å². The van der Waals surface area contributed by atoms with Gasteiger partial charge in [-0.2, -0.15) is 0 Å². The molecule has 0 amide bonds. The number of ether oxygens (including phenoxy) is 2. The maximum absolute atomic E-state index is 12.8. The zero-order valence-corrected chi connectivity index (χ0v) is 16.4. The zero-order chi connectivity index (χ0) is 18.6. The highest BCUT2D eigenvalue weighted by atomic mass is 79.9. The molecule has 134 valence electrons. The zero-order valence-electron chi connectivity index (χ0n) is 14.0. The molecule has 0 aliphatic heterocycles. The second-order valence-corrected chi connectivity index (χ2v) is 7.72. The Morgan fingerprint density at radius 3 is 2.52 bits per heavy atom. The van der Waals surface area contributed by atoms with Gasteiger partial charge in [-0.3, -0.25) is 4.72 Å². The van der Waals surface area contributed by atoms with Crippen LogP contribution in [0.3, 0.4) is 0 Å². The van der Waals surface area contributed by atoms with Crippen LogP contribution in [-0.2, 0) is 14.8 Å². The summed E-state index contributed by atoms with van der Waals surface area (Å²) in [5.41, 5.74) is 1.31. The molecule has 0 spiro atoms. The lowest BCUT2D eigenvalue weighted by Crippen LogP contribution is -2.15. The summed E-state index contributed by atoms with van der Waals surface area (Å²) in [5.74, 6) is -0.217. The fraction of sp³-hybridized carbons (Fsp3) is 0.235.